The van der Waals surface area contributed by atoms with Crippen molar-refractivity contribution in [1.29, 1.82) is 0 Å². The topological polar surface area (TPSA) is 38.3 Å². The summed E-state index contributed by atoms with van der Waals surface area (Å²) in [6.07, 6.45) is 2.84. The van der Waals surface area contributed by atoms with Gasteiger partial charge in [-0.2, -0.15) is 0 Å². The second kappa shape index (κ2) is 6.59. The van der Waals surface area contributed by atoms with Gasteiger partial charge < -0.3 is 10.1 Å². The second-order valence-corrected chi connectivity index (χ2v) is 5.77. The molecule has 1 N–H and O–H groups in total. The molecule has 4 heteroatoms. The molecule has 1 aromatic carbocycles. The van der Waals surface area contributed by atoms with Crippen LogP contribution in [-0.2, 0) is 0 Å². The molecule has 0 bridgehead atoms. The summed E-state index contributed by atoms with van der Waals surface area (Å²) >= 11 is 6.25. The van der Waals surface area contributed by atoms with Crippen molar-refractivity contribution >= 4 is 17.4 Å². The van der Waals surface area contributed by atoms with Gasteiger partial charge in [-0.15, -0.1) is 0 Å². The lowest BCUT2D eigenvalue weighted by molar-refractivity contribution is 0.0947. The van der Waals surface area contributed by atoms with Crippen molar-refractivity contribution in [3.63, 3.8) is 0 Å². The van der Waals surface area contributed by atoms with Gasteiger partial charge in [0.05, 0.1) is 18.2 Å². The van der Waals surface area contributed by atoms with E-state index in [-0.39, 0.29) is 11.8 Å². The molecule has 1 aliphatic rings. The lowest BCUT2D eigenvalue weighted by atomic mass is 9.95. The van der Waals surface area contributed by atoms with E-state index in [0.717, 1.165) is 36.9 Å². The van der Waals surface area contributed by atoms with Crippen molar-refractivity contribution < 1.29 is 9.53 Å². The van der Waals surface area contributed by atoms with Gasteiger partial charge in [0.25, 0.3) is 0 Å². The van der Waals surface area contributed by atoms with Gasteiger partial charge in [0.15, 0.2) is 5.78 Å². The molecule has 110 valence electrons. The third kappa shape index (κ3) is 2.99. The Morgan fingerprint density at radius 3 is 2.85 bits per heavy atom. The maximum atomic E-state index is 12.8. The van der Waals surface area contributed by atoms with Gasteiger partial charge >= 0.3 is 0 Å². The summed E-state index contributed by atoms with van der Waals surface area (Å²) in [5, 5.41) is 3.89. The van der Waals surface area contributed by atoms with Crippen LogP contribution in [0.15, 0.2) is 6.07 Å². The largest absolute Gasteiger partial charge is 0.493 e. The Balaban J connectivity index is 2.44. The minimum atomic E-state index is -0.101. The first kappa shape index (κ1) is 15.3. The number of hydrogen-bond acceptors (Lipinski definition) is 3. The monoisotopic (exact) mass is 295 g/mol. The van der Waals surface area contributed by atoms with Crippen molar-refractivity contribution in [3.05, 3.63) is 27.8 Å². The lowest BCUT2D eigenvalue weighted by Crippen LogP contribution is -2.31. The van der Waals surface area contributed by atoms with E-state index in [0.29, 0.717) is 22.9 Å². The van der Waals surface area contributed by atoms with Crippen LogP contribution in [0.3, 0.4) is 0 Å². The third-order valence-corrected chi connectivity index (χ3v) is 4.13. The molecular formula is C16H22ClNO2. The van der Waals surface area contributed by atoms with Crippen LogP contribution in [0.5, 0.6) is 5.75 Å². The highest BCUT2D eigenvalue weighted by molar-refractivity contribution is 6.32. The van der Waals surface area contributed by atoms with E-state index in [1.54, 1.807) is 0 Å². The summed E-state index contributed by atoms with van der Waals surface area (Å²) in [4.78, 5) is 12.8. The molecule has 1 fully saturated rings. The van der Waals surface area contributed by atoms with E-state index in [4.69, 9.17) is 16.3 Å². The number of nitrogens with one attached hydrogen (secondary N) is 1. The van der Waals surface area contributed by atoms with Gasteiger partial charge in [0, 0.05) is 5.02 Å². The highest BCUT2D eigenvalue weighted by Crippen LogP contribution is 2.34. The number of ketones is 1. The predicted molar refractivity (Wildman–Crippen MR) is 82.1 cm³/mol. The highest BCUT2D eigenvalue weighted by atomic mass is 35.5. The van der Waals surface area contributed by atoms with Crippen molar-refractivity contribution in [1.82, 2.24) is 5.32 Å². The van der Waals surface area contributed by atoms with Gasteiger partial charge in [-0.25, -0.2) is 0 Å². The van der Waals surface area contributed by atoms with Gasteiger partial charge in [0.1, 0.15) is 5.75 Å². The van der Waals surface area contributed by atoms with Crippen LogP contribution in [-0.4, -0.2) is 25.0 Å². The van der Waals surface area contributed by atoms with Gasteiger partial charge in [-0.05, 0) is 56.8 Å². The fraction of sp³-hybridized carbons (Fsp3) is 0.562. The first-order valence-corrected chi connectivity index (χ1v) is 7.64. The Kier molecular flexibility index (Phi) is 5.06. The number of rotatable bonds is 5. The van der Waals surface area contributed by atoms with E-state index in [1.165, 1.54) is 0 Å². The maximum Gasteiger partial charge on any atom is 0.183 e. The molecule has 1 aliphatic heterocycles. The third-order valence-electron chi connectivity index (χ3n) is 3.74. The molecule has 0 radical (unpaired) electrons. The first-order valence-electron chi connectivity index (χ1n) is 7.26. The van der Waals surface area contributed by atoms with E-state index in [2.05, 4.69) is 12.2 Å². The Labute approximate surface area is 125 Å². The molecule has 0 saturated carbocycles. The number of hydrogen-bond donors (Lipinski definition) is 1. The average molecular weight is 296 g/mol. The molecule has 0 amide bonds. The number of aryl methyl sites for hydroxylation is 1. The van der Waals surface area contributed by atoms with Crippen LogP contribution in [0.25, 0.3) is 0 Å². The molecule has 0 aliphatic carbocycles. The van der Waals surface area contributed by atoms with Crippen LogP contribution in [0.1, 0.15) is 47.7 Å². The Hall–Kier alpha value is -1.06. The van der Waals surface area contributed by atoms with Crippen LogP contribution >= 0.6 is 11.6 Å². The molecule has 3 nitrogen and oxygen atoms in total. The summed E-state index contributed by atoms with van der Waals surface area (Å²) in [6, 6.07) is 1.77. The molecule has 1 aromatic rings. The average Bonchev–Trinajstić information content (AvgIpc) is 2.94. The van der Waals surface area contributed by atoms with Crippen LogP contribution in [0.2, 0.25) is 5.02 Å². The minimum absolute atomic E-state index is 0.101. The van der Waals surface area contributed by atoms with Crippen LogP contribution in [0, 0.1) is 13.8 Å². The first-order chi connectivity index (χ1) is 9.56. The summed E-state index contributed by atoms with van der Waals surface area (Å²) in [6.45, 7) is 7.40. The van der Waals surface area contributed by atoms with Crippen molar-refractivity contribution in [2.24, 2.45) is 0 Å². The quantitative estimate of drug-likeness (QED) is 0.842. The fourth-order valence-corrected chi connectivity index (χ4v) is 2.88. The van der Waals surface area contributed by atoms with Crippen molar-refractivity contribution in [2.45, 2.75) is 46.1 Å². The molecule has 0 aromatic heterocycles. The number of ether oxygens (including phenoxy) is 1. The molecular weight excluding hydrogens is 274 g/mol. The highest BCUT2D eigenvalue weighted by Gasteiger charge is 2.28. The van der Waals surface area contributed by atoms with Gasteiger partial charge in [-0.1, -0.05) is 18.5 Å². The summed E-state index contributed by atoms with van der Waals surface area (Å²) in [5.74, 6) is 0.809. The molecule has 20 heavy (non-hydrogen) atoms. The number of halogens is 1. The Bertz CT molecular complexity index is 508. The Morgan fingerprint density at radius 1 is 1.50 bits per heavy atom. The van der Waals surface area contributed by atoms with Crippen LogP contribution < -0.4 is 10.1 Å². The SMILES string of the molecule is CCCOc1c(C)cc(Cl)c(C)c1C(=O)C1CCCN1. The zero-order chi connectivity index (χ0) is 14.7. The molecule has 1 heterocycles. The molecule has 1 unspecified atom stereocenters. The second-order valence-electron chi connectivity index (χ2n) is 5.37. The smallest absolute Gasteiger partial charge is 0.183 e. The number of carbonyl (C=O) groups excluding carboxylic acids is 1. The van der Waals surface area contributed by atoms with Crippen molar-refractivity contribution in [3.8, 4) is 5.75 Å². The molecule has 1 atom stereocenters. The zero-order valence-corrected chi connectivity index (χ0v) is 13.1. The standard InChI is InChI=1S/C16H22ClNO2/c1-4-8-20-16-10(2)9-12(17)11(3)14(16)15(19)13-6-5-7-18-13/h9,13,18H,4-8H2,1-3H3. The van der Waals surface area contributed by atoms with Gasteiger partial charge in [0.2, 0.25) is 0 Å². The fourth-order valence-electron chi connectivity index (χ4n) is 2.62. The zero-order valence-electron chi connectivity index (χ0n) is 12.4. The van der Waals surface area contributed by atoms with E-state index < -0.39 is 0 Å². The van der Waals surface area contributed by atoms with Crippen molar-refractivity contribution in [2.75, 3.05) is 13.2 Å². The van der Waals surface area contributed by atoms with E-state index >= 15 is 0 Å². The van der Waals surface area contributed by atoms with E-state index in [9.17, 15) is 4.79 Å². The number of Topliss-reactive ketones (excluding diaryl/α,β-unsaturated/α-hetero) is 1. The number of carbonyl (C=O) groups is 1. The molecule has 2 rings (SSSR count). The summed E-state index contributed by atoms with van der Waals surface area (Å²) in [5.41, 5.74) is 2.40. The predicted octanol–water partition coefficient (Wildman–Crippen LogP) is 3.68. The lowest BCUT2D eigenvalue weighted by Gasteiger charge is -2.19. The number of benzene rings is 1. The molecule has 1 saturated heterocycles. The minimum Gasteiger partial charge on any atom is -0.493 e. The normalized spacial score (nSPS) is 18.3. The van der Waals surface area contributed by atoms with Gasteiger partial charge in [-0.3, -0.25) is 4.79 Å². The maximum absolute atomic E-state index is 12.8. The van der Waals surface area contributed by atoms with E-state index in [1.807, 2.05) is 19.9 Å². The Morgan fingerprint density at radius 2 is 2.25 bits per heavy atom. The summed E-state index contributed by atoms with van der Waals surface area (Å²) < 4.78 is 5.83. The molecule has 0 spiro atoms. The summed E-state index contributed by atoms with van der Waals surface area (Å²) in [7, 11) is 0. The van der Waals surface area contributed by atoms with Crippen LogP contribution in [0.4, 0.5) is 0 Å².